The van der Waals surface area contributed by atoms with Crippen LogP contribution in [0.4, 0.5) is 0 Å². The van der Waals surface area contributed by atoms with Crippen molar-refractivity contribution in [1.82, 2.24) is 4.72 Å². The van der Waals surface area contributed by atoms with Crippen LogP contribution in [-0.4, -0.2) is 22.5 Å². The molecule has 1 heterocycles. The van der Waals surface area contributed by atoms with Gasteiger partial charge in [-0.3, -0.25) is 14.3 Å². The lowest BCUT2D eigenvalue weighted by Gasteiger charge is -2.32. The zero-order chi connectivity index (χ0) is 27.3. The van der Waals surface area contributed by atoms with Crippen molar-refractivity contribution < 1.29 is 18.5 Å². The highest BCUT2D eigenvalue weighted by Crippen LogP contribution is 2.45. The highest BCUT2D eigenvalue weighted by Gasteiger charge is 2.35. The number of thiophene rings is 1. The van der Waals surface area contributed by atoms with Crippen molar-refractivity contribution in [3.8, 4) is 5.75 Å². The van der Waals surface area contributed by atoms with Crippen LogP contribution in [-0.2, 0) is 26.0 Å². The minimum absolute atomic E-state index is 0.0245. The first-order chi connectivity index (χ1) is 16.9. The van der Waals surface area contributed by atoms with Gasteiger partial charge < -0.3 is 4.74 Å². The van der Waals surface area contributed by atoms with Crippen molar-refractivity contribution in [2.75, 3.05) is 6.61 Å². The third-order valence-electron chi connectivity index (χ3n) is 6.78. The fraction of sp³-hybridized carbons (Fsp3) is 0.586. The van der Waals surface area contributed by atoms with E-state index in [1.807, 2.05) is 54.5 Å². The summed E-state index contributed by atoms with van der Waals surface area (Å²) in [6.07, 6.45) is 3.53. The molecule has 5 nitrogen and oxygen atoms in total. The van der Waals surface area contributed by atoms with Gasteiger partial charge >= 0.3 is 0 Å². The first kappa shape index (κ1) is 30.2. The second kappa shape index (κ2) is 12.5. The smallest absolute Gasteiger partial charge is 0.235 e. The third kappa shape index (κ3) is 6.86. The molecule has 1 N–H and O–H groups in total. The summed E-state index contributed by atoms with van der Waals surface area (Å²) in [5.74, 6) is 0.697. The van der Waals surface area contributed by atoms with Crippen LogP contribution in [0, 0.1) is 25.2 Å². The third-order valence-corrected chi connectivity index (χ3v) is 9.77. The molecule has 1 unspecified atom stereocenters. The van der Waals surface area contributed by atoms with Gasteiger partial charge in [-0.05, 0) is 68.4 Å². The maximum atomic E-state index is 12.9. The first-order valence-corrected chi connectivity index (χ1v) is 15.0. The zero-order valence-electron chi connectivity index (χ0n) is 23.4. The number of Topliss-reactive ketones (excluding diaryl/α,β-unsaturated/α-hetero) is 1. The summed E-state index contributed by atoms with van der Waals surface area (Å²) in [4.78, 5) is 25.5. The average molecular weight is 534 g/mol. The molecule has 1 amide bonds. The monoisotopic (exact) mass is 533 g/mol. The van der Waals surface area contributed by atoms with Crippen molar-refractivity contribution in [3.63, 3.8) is 0 Å². The number of carbonyl (C=O) groups is 2. The molecule has 0 saturated heterocycles. The molecule has 0 spiro atoms. The molecule has 1 aromatic carbocycles. The first-order valence-electron chi connectivity index (χ1n) is 13.0. The Labute approximate surface area is 224 Å². The topological polar surface area (TPSA) is 72.5 Å². The summed E-state index contributed by atoms with van der Waals surface area (Å²) < 4.78 is 22.2. The maximum Gasteiger partial charge on any atom is 0.235 e. The van der Waals surface area contributed by atoms with E-state index in [0.29, 0.717) is 4.21 Å². The predicted molar refractivity (Wildman–Crippen MR) is 150 cm³/mol. The van der Waals surface area contributed by atoms with Crippen LogP contribution >= 0.6 is 11.3 Å². The van der Waals surface area contributed by atoms with E-state index in [1.165, 1.54) is 16.9 Å². The van der Waals surface area contributed by atoms with Crippen LogP contribution < -0.4 is 9.46 Å². The number of benzene rings is 1. The lowest BCUT2D eigenvalue weighted by molar-refractivity contribution is -0.128. The second-order valence-corrected chi connectivity index (χ2v) is 12.8. The summed E-state index contributed by atoms with van der Waals surface area (Å²) in [6.45, 7) is 18.1. The highest BCUT2D eigenvalue weighted by atomic mass is 32.2. The van der Waals surface area contributed by atoms with Crippen LogP contribution in [0.1, 0.15) is 95.7 Å². The van der Waals surface area contributed by atoms with E-state index in [2.05, 4.69) is 36.8 Å². The molecular formula is C29H43NO4S2. The van der Waals surface area contributed by atoms with Gasteiger partial charge in [0, 0.05) is 21.6 Å². The predicted octanol–water partition coefficient (Wildman–Crippen LogP) is 7.04. The van der Waals surface area contributed by atoms with Crippen LogP contribution in [0.2, 0.25) is 0 Å². The molecule has 200 valence electrons. The molecule has 1 atom stereocenters. The Morgan fingerprint density at radius 2 is 1.67 bits per heavy atom. The molecule has 7 heteroatoms. The number of ketones is 1. The van der Waals surface area contributed by atoms with Gasteiger partial charge in [0.2, 0.25) is 5.91 Å². The number of rotatable bonds is 10. The molecule has 1 fully saturated rings. The van der Waals surface area contributed by atoms with Crippen molar-refractivity contribution in [3.05, 3.63) is 45.8 Å². The number of nitrogens with one attached hydrogen (secondary N) is 1. The van der Waals surface area contributed by atoms with Gasteiger partial charge in [0.05, 0.1) is 0 Å². The summed E-state index contributed by atoms with van der Waals surface area (Å²) in [7, 11) is -1.54. The van der Waals surface area contributed by atoms with E-state index in [-0.39, 0.29) is 29.6 Å². The Balaban J connectivity index is 0.00000222. The summed E-state index contributed by atoms with van der Waals surface area (Å²) in [5.41, 5.74) is 2.44. The summed E-state index contributed by atoms with van der Waals surface area (Å²) in [5, 5.41) is 0. The molecule has 1 saturated carbocycles. The molecule has 3 rings (SSSR count). The van der Waals surface area contributed by atoms with Gasteiger partial charge in [0.25, 0.3) is 0 Å². The molecule has 2 aromatic rings. The summed E-state index contributed by atoms with van der Waals surface area (Å²) >= 11 is 1.53. The van der Waals surface area contributed by atoms with Gasteiger partial charge in [-0.15, -0.1) is 11.3 Å². The fourth-order valence-corrected chi connectivity index (χ4v) is 6.82. The number of amides is 1. The van der Waals surface area contributed by atoms with Gasteiger partial charge in [-0.25, -0.2) is 4.21 Å². The van der Waals surface area contributed by atoms with Crippen molar-refractivity contribution in [2.24, 2.45) is 11.3 Å². The van der Waals surface area contributed by atoms with Crippen LogP contribution in [0.5, 0.6) is 5.75 Å². The zero-order valence-corrected chi connectivity index (χ0v) is 25.0. The van der Waals surface area contributed by atoms with Crippen molar-refractivity contribution >= 4 is 34.0 Å². The normalized spacial score (nSPS) is 14.5. The molecule has 0 radical (unpaired) electrons. The average Bonchev–Trinajstić information content (AvgIpc) is 3.62. The molecule has 1 aliphatic rings. The Kier molecular flexibility index (Phi) is 10.5. The quantitative estimate of drug-likeness (QED) is 0.355. The molecule has 0 aliphatic heterocycles. The number of hydrogen-bond acceptors (Lipinski definition) is 5. The lowest BCUT2D eigenvalue weighted by Crippen LogP contribution is -2.27. The molecule has 1 aromatic heterocycles. The standard InChI is InChI=1S/C27H37NO4S2.C2H6/c1-8-27(9-2,20-12-13-21(17(3)14-20)32-16-22(29)26(5,6)7)23-15-18(4)25(33-23)34(31)28-24(30)19-10-11-19;1-2/h12-15,19H,8-11,16H2,1-7H3,(H,28,30);1-2H3. The van der Waals surface area contributed by atoms with Crippen molar-refractivity contribution in [2.45, 2.75) is 97.6 Å². The Bertz CT molecular complexity index is 1090. The number of carbonyl (C=O) groups excluding carboxylic acids is 2. The minimum Gasteiger partial charge on any atom is -0.486 e. The largest absolute Gasteiger partial charge is 0.486 e. The SMILES string of the molecule is CC.CCC(CC)(c1ccc(OCC(=O)C(C)(C)C)c(C)c1)c1cc(C)c(S(=O)NC(=O)C2CC2)s1. The molecule has 0 bridgehead atoms. The number of hydrogen-bond donors (Lipinski definition) is 1. The number of aryl methyl sites for hydroxylation is 2. The van der Waals surface area contributed by atoms with E-state index < -0.39 is 16.4 Å². The Morgan fingerprint density at radius 1 is 1.06 bits per heavy atom. The molecular weight excluding hydrogens is 490 g/mol. The lowest BCUT2D eigenvalue weighted by atomic mass is 9.74. The second-order valence-electron chi connectivity index (χ2n) is 10.3. The van der Waals surface area contributed by atoms with E-state index in [1.54, 1.807) is 0 Å². The fourth-order valence-electron chi connectivity index (χ4n) is 4.07. The summed E-state index contributed by atoms with van der Waals surface area (Å²) in [6, 6.07) is 8.30. The Morgan fingerprint density at radius 3 is 2.17 bits per heavy atom. The van der Waals surface area contributed by atoms with Gasteiger partial charge in [-0.1, -0.05) is 60.6 Å². The molecule has 1 aliphatic carbocycles. The van der Waals surface area contributed by atoms with E-state index >= 15 is 0 Å². The van der Waals surface area contributed by atoms with E-state index in [9.17, 15) is 13.8 Å². The maximum absolute atomic E-state index is 12.9. The van der Waals surface area contributed by atoms with Gasteiger partial charge in [0.15, 0.2) is 16.8 Å². The highest BCUT2D eigenvalue weighted by molar-refractivity contribution is 7.86. The van der Waals surface area contributed by atoms with Crippen LogP contribution in [0.15, 0.2) is 28.5 Å². The van der Waals surface area contributed by atoms with Crippen LogP contribution in [0.3, 0.4) is 0 Å². The van der Waals surface area contributed by atoms with Crippen molar-refractivity contribution in [1.29, 1.82) is 0 Å². The number of ether oxygens (including phenoxy) is 1. The van der Waals surface area contributed by atoms with E-state index in [0.717, 1.165) is 47.4 Å². The van der Waals surface area contributed by atoms with Gasteiger partial charge in [0.1, 0.15) is 16.6 Å². The van der Waals surface area contributed by atoms with Crippen LogP contribution in [0.25, 0.3) is 0 Å². The minimum atomic E-state index is -1.54. The van der Waals surface area contributed by atoms with E-state index in [4.69, 9.17) is 4.74 Å². The van der Waals surface area contributed by atoms with Gasteiger partial charge in [-0.2, -0.15) is 0 Å². The molecule has 36 heavy (non-hydrogen) atoms. The Hall–Kier alpha value is -1.99.